The lowest BCUT2D eigenvalue weighted by atomic mass is 10.7. The summed E-state index contributed by atoms with van der Waals surface area (Å²) in [5.41, 5.74) is 0. The first-order valence-corrected chi connectivity index (χ1v) is 1.69. The normalized spacial score (nSPS) is 12.2. The quantitative estimate of drug-likeness (QED) is 0.487. The predicted molar refractivity (Wildman–Crippen MR) is 21.0 cm³/mol. The monoisotopic (exact) mass is 112 g/mol. The molecule has 3 heteroatoms. The van der Waals surface area contributed by atoms with Crippen LogP contribution in [0.4, 0.5) is 8.78 Å². The molecule has 0 atom stereocenters. The molecule has 0 aromatic heterocycles. The largest absolute Gasteiger partial charge is 0.245 e. The molecule has 36 valence electrons. The van der Waals surface area contributed by atoms with Crippen molar-refractivity contribution in [1.82, 2.24) is 0 Å². The van der Waals surface area contributed by atoms with Crippen LogP contribution in [0.2, 0.25) is 0 Å². The van der Waals surface area contributed by atoms with Crippen LogP contribution >= 0.6 is 11.6 Å². The van der Waals surface area contributed by atoms with E-state index in [1.165, 1.54) is 0 Å². The van der Waals surface area contributed by atoms with E-state index in [0.29, 0.717) is 0 Å². The first-order valence-electron chi connectivity index (χ1n) is 1.32. The average molecular weight is 113 g/mol. The van der Waals surface area contributed by atoms with Crippen molar-refractivity contribution in [3.05, 3.63) is 11.4 Å². The smallest absolute Gasteiger partial charge is 0.127 e. The van der Waals surface area contributed by atoms with Gasteiger partial charge in [-0.2, -0.15) is 0 Å². The van der Waals surface area contributed by atoms with Gasteiger partial charge in [-0.3, -0.25) is 0 Å². The van der Waals surface area contributed by atoms with Crippen LogP contribution in [0, 0.1) is 0 Å². The van der Waals surface area contributed by atoms with E-state index in [9.17, 15) is 8.78 Å². The third-order valence-electron chi connectivity index (χ3n) is 0.246. The molecule has 0 N–H and O–H groups in total. The molecule has 0 bridgehead atoms. The molecule has 0 aliphatic heterocycles. The molecule has 0 saturated heterocycles. The van der Waals surface area contributed by atoms with E-state index < -0.39 is 11.7 Å². The van der Waals surface area contributed by atoms with Gasteiger partial charge in [0.15, 0.2) is 0 Å². The lowest BCUT2D eigenvalue weighted by molar-refractivity contribution is 0.547. The third kappa shape index (κ3) is 2.15. The Balaban J connectivity index is 3.22. The molecule has 0 aliphatic rings. The zero-order chi connectivity index (χ0) is 4.99. The topological polar surface area (TPSA) is 0 Å². The summed E-state index contributed by atoms with van der Waals surface area (Å²) in [6, 6.07) is 0. The van der Waals surface area contributed by atoms with E-state index in [4.69, 9.17) is 11.6 Å². The predicted octanol–water partition coefficient (Wildman–Crippen LogP) is 2.01. The molecule has 0 aromatic rings. The minimum Gasteiger partial charge on any atom is -0.245 e. The van der Waals surface area contributed by atoms with Crippen LogP contribution in [-0.2, 0) is 0 Å². The first kappa shape index (κ1) is 5.89. The molecule has 0 nitrogen and oxygen atoms in total. The van der Waals surface area contributed by atoms with E-state index in [0.717, 1.165) is 0 Å². The van der Waals surface area contributed by atoms with Gasteiger partial charge in [-0.05, 0) is 0 Å². The van der Waals surface area contributed by atoms with Crippen molar-refractivity contribution in [2.75, 3.05) is 6.67 Å². The zero-order valence-electron chi connectivity index (χ0n) is 2.92. The highest BCUT2D eigenvalue weighted by molar-refractivity contribution is 6.29. The Morgan fingerprint density at radius 2 is 2.33 bits per heavy atom. The highest BCUT2D eigenvalue weighted by Crippen LogP contribution is 1.99. The number of alkyl halides is 1. The molecule has 0 radical (unpaired) electrons. The molecule has 0 rings (SSSR count). The van der Waals surface area contributed by atoms with Crippen molar-refractivity contribution in [3.63, 3.8) is 0 Å². The SMILES string of the molecule is F/C=C(\Cl)CF. The molecule has 0 fully saturated rings. The second kappa shape index (κ2) is 3.09. The summed E-state index contributed by atoms with van der Waals surface area (Å²) >= 11 is 4.76. The maximum absolute atomic E-state index is 10.9. The lowest BCUT2D eigenvalue weighted by Gasteiger charge is -1.75. The van der Waals surface area contributed by atoms with Gasteiger partial charge in [0.05, 0.1) is 5.03 Å². The van der Waals surface area contributed by atoms with Crippen LogP contribution in [-0.4, -0.2) is 6.67 Å². The Bertz CT molecular complexity index is 59.8. The summed E-state index contributed by atoms with van der Waals surface area (Å²) in [6.45, 7) is -0.919. The van der Waals surface area contributed by atoms with Crippen molar-refractivity contribution >= 4 is 11.6 Å². The van der Waals surface area contributed by atoms with Crippen molar-refractivity contribution in [3.8, 4) is 0 Å². The summed E-state index contributed by atoms with van der Waals surface area (Å²) in [5, 5.41) is -0.394. The minimum absolute atomic E-state index is 0.0293. The van der Waals surface area contributed by atoms with Crippen LogP contribution in [0.5, 0.6) is 0 Å². The number of hydrogen-bond donors (Lipinski definition) is 0. The van der Waals surface area contributed by atoms with Crippen molar-refractivity contribution < 1.29 is 8.78 Å². The van der Waals surface area contributed by atoms with Crippen LogP contribution in [0.25, 0.3) is 0 Å². The molecule has 0 unspecified atom stereocenters. The zero-order valence-corrected chi connectivity index (χ0v) is 3.67. The van der Waals surface area contributed by atoms with Gasteiger partial charge < -0.3 is 0 Å². The van der Waals surface area contributed by atoms with E-state index in [-0.39, 0.29) is 6.33 Å². The van der Waals surface area contributed by atoms with Gasteiger partial charge in [-0.25, -0.2) is 8.78 Å². The van der Waals surface area contributed by atoms with Crippen LogP contribution in [0.1, 0.15) is 0 Å². The number of hydrogen-bond acceptors (Lipinski definition) is 0. The molecular formula is C3H3ClF2. The lowest BCUT2D eigenvalue weighted by Crippen LogP contribution is -1.66. The fraction of sp³-hybridized carbons (Fsp3) is 0.333. The Labute approximate surface area is 39.4 Å². The summed E-state index contributed by atoms with van der Waals surface area (Å²) in [7, 11) is 0. The Morgan fingerprint density at radius 3 is 2.33 bits per heavy atom. The maximum Gasteiger partial charge on any atom is 0.127 e. The summed E-state index contributed by atoms with van der Waals surface area (Å²) < 4.78 is 21.8. The van der Waals surface area contributed by atoms with Crippen LogP contribution < -0.4 is 0 Å². The molecule has 6 heavy (non-hydrogen) atoms. The Morgan fingerprint density at radius 1 is 1.83 bits per heavy atom. The van der Waals surface area contributed by atoms with Crippen molar-refractivity contribution in [2.24, 2.45) is 0 Å². The van der Waals surface area contributed by atoms with E-state index in [1.54, 1.807) is 0 Å². The second-order valence-corrected chi connectivity index (χ2v) is 1.18. The molecule has 0 amide bonds. The summed E-state index contributed by atoms with van der Waals surface area (Å²) in [5.74, 6) is 0. The van der Waals surface area contributed by atoms with Gasteiger partial charge in [0.1, 0.15) is 13.0 Å². The molecular weight excluding hydrogens is 109 g/mol. The van der Waals surface area contributed by atoms with E-state index in [1.807, 2.05) is 0 Å². The fourth-order valence-electron chi connectivity index (χ4n) is 0.0292. The minimum atomic E-state index is -0.919. The third-order valence-corrected chi connectivity index (χ3v) is 0.430. The van der Waals surface area contributed by atoms with Gasteiger partial charge in [-0.15, -0.1) is 0 Å². The van der Waals surface area contributed by atoms with Gasteiger partial charge in [-0.1, -0.05) is 11.6 Å². The highest BCUT2D eigenvalue weighted by Gasteiger charge is 1.83. The van der Waals surface area contributed by atoms with E-state index in [2.05, 4.69) is 0 Å². The van der Waals surface area contributed by atoms with Gasteiger partial charge in [0.2, 0.25) is 0 Å². The molecule has 0 aromatic carbocycles. The Kier molecular flexibility index (Phi) is 3.04. The number of halogens is 3. The molecule has 0 aliphatic carbocycles. The molecule has 0 saturated carbocycles. The summed E-state index contributed by atoms with van der Waals surface area (Å²) in [6.07, 6.45) is 0.0293. The summed E-state index contributed by atoms with van der Waals surface area (Å²) in [4.78, 5) is 0. The van der Waals surface area contributed by atoms with Gasteiger partial charge >= 0.3 is 0 Å². The van der Waals surface area contributed by atoms with E-state index >= 15 is 0 Å². The average Bonchev–Trinajstić information content (AvgIpc) is 1.65. The fourth-order valence-corrected chi connectivity index (χ4v) is 0.0292. The van der Waals surface area contributed by atoms with Crippen molar-refractivity contribution in [2.45, 2.75) is 0 Å². The van der Waals surface area contributed by atoms with Crippen molar-refractivity contribution in [1.29, 1.82) is 0 Å². The van der Waals surface area contributed by atoms with Gasteiger partial charge in [0, 0.05) is 0 Å². The first-order chi connectivity index (χ1) is 2.81. The molecule has 0 heterocycles. The number of rotatable bonds is 1. The number of allylic oxidation sites excluding steroid dienone is 1. The second-order valence-electron chi connectivity index (χ2n) is 0.690. The van der Waals surface area contributed by atoms with Crippen LogP contribution in [0.3, 0.4) is 0 Å². The molecule has 0 spiro atoms. The standard InChI is InChI=1S/C3H3ClF2/c4-3(1-5)2-6/h1H,2H2/b3-1-. The van der Waals surface area contributed by atoms with Gasteiger partial charge in [0.25, 0.3) is 0 Å². The van der Waals surface area contributed by atoms with Crippen LogP contribution in [0.15, 0.2) is 11.4 Å². The highest BCUT2D eigenvalue weighted by atomic mass is 35.5. The Hall–Kier alpha value is -0.110. The maximum atomic E-state index is 10.9.